The number of Topliss-reactive ketones (excluding diaryl/α,β-unsaturated/α-hetero) is 1. The molecule has 0 spiro atoms. The van der Waals surface area contributed by atoms with E-state index in [0.29, 0.717) is 5.57 Å². The van der Waals surface area contributed by atoms with Crippen LogP contribution in [0.4, 0.5) is 0 Å². The van der Waals surface area contributed by atoms with Gasteiger partial charge in [0, 0.05) is 5.56 Å². The first kappa shape index (κ1) is 13.9. The highest BCUT2D eigenvalue weighted by Gasteiger charge is 2.36. The summed E-state index contributed by atoms with van der Waals surface area (Å²) in [5.41, 5.74) is 9.39. The second-order valence-electron chi connectivity index (χ2n) is 5.11. The number of hydrogen-bond acceptors (Lipinski definition) is 4. The van der Waals surface area contributed by atoms with Crippen LogP contribution in [0.1, 0.15) is 36.1 Å². The van der Waals surface area contributed by atoms with Gasteiger partial charge in [-0.25, -0.2) is 0 Å². The molecular weight excluding hydrogens is 282 g/mol. The zero-order valence-electron chi connectivity index (χ0n) is 11.8. The number of carbonyl (C=O) groups excluding carboxylic acids is 1. The van der Waals surface area contributed by atoms with E-state index in [4.69, 9.17) is 10.5 Å². The lowest BCUT2D eigenvalue weighted by Gasteiger charge is -2.07. The Labute approximate surface area is 128 Å². The summed E-state index contributed by atoms with van der Waals surface area (Å²) in [4.78, 5) is 12.6. The number of ether oxygens (including phenoxy) is 1. The summed E-state index contributed by atoms with van der Waals surface area (Å²) in [6, 6.07) is 9.88. The number of aryl methyl sites for hydroxylation is 1. The molecule has 0 bridgehead atoms. The molecule has 4 heteroatoms. The number of nitrogens with two attached hydrogens (primary N) is 1. The van der Waals surface area contributed by atoms with Crippen LogP contribution in [0.3, 0.4) is 0 Å². The highest BCUT2D eigenvalue weighted by Crippen LogP contribution is 2.36. The van der Waals surface area contributed by atoms with Crippen molar-refractivity contribution in [2.75, 3.05) is 0 Å². The van der Waals surface area contributed by atoms with Gasteiger partial charge < -0.3 is 10.5 Å². The van der Waals surface area contributed by atoms with Gasteiger partial charge in [-0.2, -0.15) is 11.3 Å². The van der Waals surface area contributed by atoms with E-state index in [1.165, 1.54) is 5.56 Å². The van der Waals surface area contributed by atoms with Crippen LogP contribution >= 0.6 is 11.3 Å². The first-order chi connectivity index (χ1) is 10.2. The maximum absolute atomic E-state index is 12.6. The van der Waals surface area contributed by atoms with Crippen molar-refractivity contribution in [3.05, 3.63) is 63.7 Å². The molecular formula is C17H17NO2S. The molecule has 0 radical (unpaired) electrons. The van der Waals surface area contributed by atoms with Gasteiger partial charge in [-0.1, -0.05) is 37.6 Å². The van der Waals surface area contributed by atoms with Gasteiger partial charge in [-0.3, -0.25) is 4.79 Å². The van der Waals surface area contributed by atoms with Gasteiger partial charge in [0.1, 0.15) is 0 Å². The molecule has 1 aromatic heterocycles. The third-order valence-corrected chi connectivity index (χ3v) is 4.28. The first-order valence-electron chi connectivity index (χ1n) is 7.02. The minimum absolute atomic E-state index is 0.0560. The van der Waals surface area contributed by atoms with Crippen molar-refractivity contribution in [1.82, 2.24) is 0 Å². The Balaban J connectivity index is 1.93. The van der Waals surface area contributed by atoms with E-state index in [1.807, 2.05) is 35.0 Å². The van der Waals surface area contributed by atoms with Gasteiger partial charge in [-0.05, 0) is 34.4 Å². The average Bonchev–Trinajstić information content (AvgIpc) is 3.08. The van der Waals surface area contributed by atoms with Crippen molar-refractivity contribution in [2.24, 2.45) is 5.73 Å². The van der Waals surface area contributed by atoms with E-state index < -0.39 is 6.10 Å². The number of thiophene rings is 1. The number of carbonyl (C=O) groups is 1. The van der Waals surface area contributed by atoms with Crippen LogP contribution in [0.25, 0.3) is 5.57 Å². The fraction of sp³-hybridized carbons (Fsp3) is 0.235. The standard InChI is InChI=1S/C17H17NO2S/c1-2-4-11-5-3-6-12(9-11)14-15(19)16(20-17(14)18)13-7-8-21-10-13/h3,5-10,16H,2,4,18H2,1H3. The molecule has 0 amide bonds. The maximum Gasteiger partial charge on any atom is 0.213 e. The smallest absolute Gasteiger partial charge is 0.213 e. The van der Waals surface area contributed by atoms with E-state index in [1.54, 1.807) is 11.3 Å². The molecule has 0 saturated carbocycles. The number of hydrogen-bond donors (Lipinski definition) is 1. The van der Waals surface area contributed by atoms with Gasteiger partial charge in [0.05, 0.1) is 5.57 Å². The monoisotopic (exact) mass is 299 g/mol. The van der Waals surface area contributed by atoms with Crippen molar-refractivity contribution in [3.63, 3.8) is 0 Å². The fourth-order valence-corrected chi connectivity index (χ4v) is 3.26. The van der Waals surface area contributed by atoms with Crippen LogP contribution in [-0.4, -0.2) is 5.78 Å². The average molecular weight is 299 g/mol. The second-order valence-corrected chi connectivity index (χ2v) is 5.89. The maximum atomic E-state index is 12.6. The van der Waals surface area contributed by atoms with Crippen molar-refractivity contribution in [2.45, 2.75) is 25.9 Å². The third-order valence-electron chi connectivity index (χ3n) is 3.58. The molecule has 2 N–H and O–H groups in total. The van der Waals surface area contributed by atoms with Crippen molar-refractivity contribution < 1.29 is 9.53 Å². The number of ketones is 1. The van der Waals surface area contributed by atoms with Crippen LogP contribution in [0.5, 0.6) is 0 Å². The highest BCUT2D eigenvalue weighted by molar-refractivity contribution is 7.08. The topological polar surface area (TPSA) is 52.3 Å². The van der Waals surface area contributed by atoms with E-state index in [0.717, 1.165) is 24.0 Å². The van der Waals surface area contributed by atoms with Gasteiger partial charge >= 0.3 is 0 Å². The Morgan fingerprint density at radius 1 is 1.33 bits per heavy atom. The Hall–Kier alpha value is -2.07. The molecule has 1 aromatic carbocycles. The third kappa shape index (κ3) is 2.59. The van der Waals surface area contributed by atoms with Gasteiger partial charge in [0.15, 0.2) is 12.0 Å². The molecule has 2 heterocycles. The first-order valence-corrected chi connectivity index (χ1v) is 7.97. The van der Waals surface area contributed by atoms with Crippen molar-refractivity contribution in [3.8, 4) is 0 Å². The van der Waals surface area contributed by atoms with Crippen molar-refractivity contribution in [1.29, 1.82) is 0 Å². The predicted octanol–water partition coefficient (Wildman–Crippen LogP) is 3.67. The lowest BCUT2D eigenvalue weighted by atomic mass is 9.96. The van der Waals surface area contributed by atoms with E-state index in [9.17, 15) is 4.79 Å². The minimum Gasteiger partial charge on any atom is -0.462 e. The highest BCUT2D eigenvalue weighted by atomic mass is 32.1. The Morgan fingerprint density at radius 2 is 2.19 bits per heavy atom. The molecule has 0 fully saturated rings. The fourth-order valence-electron chi connectivity index (χ4n) is 2.59. The van der Waals surface area contributed by atoms with Gasteiger partial charge in [0.25, 0.3) is 0 Å². The molecule has 0 saturated heterocycles. The molecule has 2 aromatic rings. The van der Waals surface area contributed by atoms with Crippen LogP contribution in [-0.2, 0) is 16.0 Å². The summed E-state index contributed by atoms with van der Waals surface area (Å²) in [5, 5.41) is 3.86. The zero-order chi connectivity index (χ0) is 14.8. The molecule has 21 heavy (non-hydrogen) atoms. The Morgan fingerprint density at radius 3 is 2.90 bits per heavy atom. The predicted molar refractivity (Wildman–Crippen MR) is 84.7 cm³/mol. The SMILES string of the molecule is CCCc1cccc(C2=C(N)OC(c3ccsc3)C2=O)c1. The summed E-state index contributed by atoms with van der Waals surface area (Å²) in [7, 11) is 0. The van der Waals surface area contributed by atoms with Crippen LogP contribution in [0, 0.1) is 0 Å². The lowest BCUT2D eigenvalue weighted by molar-refractivity contribution is -0.120. The van der Waals surface area contributed by atoms with E-state index in [-0.39, 0.29) is 11.7 Å². The molecule has 1 aliphatic heterocycles. The molecule has 1 unspecified atom stereocenters. The Kier molecular flexibility index (Phi) is 3.80. The van der Waals surface area contributed by atoms with Crippen LogP contribution < -0.4 is 5.73 Å². The number of rotatable bonds is 4. The zero-order valence-corrected chi connectivity index (χ0v) is 12.7. The summed E-state index contributed by atoms with van der Waals surface area (Å²) in [5.74, 6) is 0.171. The molecule has 3 rings (SSSR count). The van der Waals surface area contributed by atoms with Crippen LogP contribution in [0.2, 0.25) is 0 Å². The minimum atomic E-state index is -0.596. The summed E-state index contributed by atoms with van der Waals surface area (Å²) < 4.78 is 5.60. The molecule has 1 atom stereocenters. The lowest BCUT2D eigenvalue weighted by Crippen LogP contribution is -2.08. The van der Waals surface area contributed by atoms with E-state index in [2.05, 4.69) is 13.0 Å². The summed E-state index contributed by atoms with van der Waals surface area (Å²) >= 11 is 1.54. The van der Waals surface area contributed by atoms with Gasteiger partial charge in [-0.15, -0.1) is 0 Å². The van der Waals surface area contributed by atoms with E-state index >= 15 is 0 Å². The second kappa shape index (κ2) is 5.74. The quantitative estimate of drug-likeness (QED) is 0.937. The van der Waals surface area contributed by atoms with Gasteiger partial charge in [0.2, 0.25) is 5.78 Å². The molecule has 3 nitrogen and oxygen atoms in total. The number of benzene rings is 1. The molecule has 0 aliphatic carbocycles. The molecule has 1 aliphatic rings. The molecule has 108 valence electrons. The summed E-state index contributed by atoms with van der Waals surface area (Å²) in [6.07, 6.45) is 1.46. The van der Waals surface area contributed by atoms with Crippen LogP contribution in [0.15, 0.2) is 47.0 Å². The summed E-state index contributed by atoms with van der Waals surface area (Å²) in [6.45, 7) is 2.14. The normalized spacial score (nSPS) is 18.1. The largest absolute Gasteiger partial charge is 0.462 e. The Bertz CT molecular complexity index is 689. The van der Waals surface area contributed by atoms with Crippen molar-refractivity contribution >= 4 is 22.7 Å².